The topological polar surface area (TPSA) is 81.7 Å². The van der Waals surface area contributed by atoms with Gasteiger partial charge in [-0.15, -0.1) is 0 Å². The van der Waals surface area contributed by atoms with Gasteiger partial charge in [0.25, 0.3) is 0 Å². The first-order valence-electron chi connectivity index (χ1n) is 7.09. The zero-order chi connectivity index (χ0) is 15.7. The largest absolute Gasteiger partial charge is 0.354 e. The molecule has 1 aromatic carbocycles. The van der Waals surface area contributed by atoms with E-state index in [1.165, 1.54) is 0 Å². The van der Waals surface area contributed by atoms with E-state index in [1.54, 1.807) is 6.08 Å². The van der Waals surface area contributed by atoms with Crippen molar-refractivity contribution in [2.75, 3.05) is 0 Å². The summed E-state index contributed by atoms with van der Waals surface area (Å²) in [7, 11) is 0. The molecule has 0 aliphatic carbocycles. The summed E-state index contributed by atoms with van der Waals surface area (Å²) in [6, 6.07) is 5.61. The number of aromatic amines is 1. The van der Waals surface area contributed by atoms with E-state index < -0.39 is 0 Å². The highest BCUT2D eigenvalue weighted by molar-refractivity contribution is 6.00. The molecule has 1 amide bonds. The molecule has 0 bridgehead atoms. The van der Waals surface area contributed by atoms with Crippen molar-refractivity contribution in [1.29, 1.82) is 0 Å². The highest BCUT2D eigenvalue weighted by Gasteiger charge is 2.24. The number of benzene rings is 1. The minimum atomic E-state index is -0.0545. The number of fused-ring (bicyclic) bond motifs is 3. The van der Waals surface area contributed by atoms with Crippen LogP contribution < -0.4 is 10.8 Å². The van der Waals surface area contributed by atoms with E-state index in [-0.39, 0.29) is 12.3 Å². The monoisotopic (exact) mass is 296 g/mol. The van der Waals surface area contributed by atoms with Crippen LogP contribution >= 0.6 is 0 Å². The normalized spacial score (nSPS) is 18.4. The van der Waals surface area contributed by atoms with Crippen molar-refractivity contribution >= 4 is 28.1 Å². The van der Waals surface area contributed by atoms with Crippen LogP contribution in [-0.2, 0) is 11.2 Å². The average Bonchev–Trinajstić information content (AvgIpc) is 2.81. The van der Waals surface area contributed by atoms with E-state index in [0.29, 0.717) is 5.69 Å². The van der Waals surface area contributed by atoms with Crippen LogP contribution in [0.1, 0.15) is 18.2 Å². The first-order valence-corrected chi connectivity index (χ1v) is 7.09. The third kappa shape index (κ3) is 2.26. The Bertz CT molecular complexity index is 828. The van der Waals surface area contributed by atoms with Gasteiger partial charge in [-0.2, -0.15) is 5.48 Å². The van der Waals surface area contributed by atoms with E-state index in [1.807, 2.05) is 37.3 Å². The Hall–Kier alpha value is -2.63. The van der Waals surface area contributed by atoms with Crippen molar-refractivity contribution < 1.29 is 15.5 Å². The highest BCUT2D eigenvalue weighted by atomic mass is 16.5. The van der Waals surface area contributed by atoms with Crippen molar-refractivity contribution in [3.8, 4) is 0 Å². The number of aromatic nitrogens is 1. The quantitative estimate of drug-likeness (QED) is 0.504. The van der Waals surface area contributed by atoms with Crippen LogP contribution in [0, 0.1) is 0 Å². The molecular formula is C17H18N3O2+. The van der Waals surface area contributed by atoms with Crippen LogP contribution in [0.5, 0.6) is 0 Å². The maximum Gasteiger partial charge on any atom is 0.228 e. The molecule has 112 valence electrons. The summed E-state index contributed by atoms with van der Waals surface area (Å²) in [6.45, 7) is 5.65. The van der Waals surface area contributed by atoms with E-state index >= 15 is 0 Å². The predicted molar refractivity (Wildman–Crippen MR) is 85.4 cm³/mol. The van der Waals surface area contributed by atoms with Crippen LogP contribution in [0.3, 0.4) is 0 Å². The summed E-state index contributed by atoms with van der Waals surface area (Å²) >= 11 is 0. The van der Waals surface area contributed by atoms with Gasteiger partial charge in [-0.05, 0) is 18.6 Å². The number of H-pyrrole nitrogens is 1. The molecular weight excluding hydrogens is 278 g/mol. The molecule has 1 aliphatic heterocycles. The number of carbonyl (C=O) groups is 1. The van der Waals surface area contributed by atoms with Gasteiger partial charge in [0, 0.05) is 34.3 Å². The maximum atomic E-state index is 12.2. The van der Waals surface area contributed by atoms with Crippen molar-refractivity contribution in [3.05, 3.63) is 60.0 Å². The number of carbonyl (C=O) groups excluding carboxylic acids is 1. The molecule has 2 aromatic rings. The van der Waals surface area contributed by atoms with Gasteiger partial charge in [-0.1, -0.05) is 24.8 Å². The zero-order valence-electron chi connectivity index (χ0n) is 12.3. The third-order valence-corrected chi connectivity index (χ3v) is 3.82. The van der Waals surface area contributed by atoms with Gasteiger partial charge in [0.2, 0.25) is 5.91 Å². The SMILES string of the molecule is C=C/C=C1\C(=C/C)NC(=O)Cc2c1[nH]c1ccc([NH2+]O)cc21. The number of hydrogen-bond acceptors (Lipinski definition) is 2. The molecule has 0 radical (unpaired) electrons. The van der Waals surface area contributed by atoms with Gasteiger partial charge >= 0.3 is 0 Å². The number of rotatable bonds is 2. The molecule has 0 saturated heterocycles. The summed E-state index contributed by atoms with van der Waals surface area (Å²) < 4.78 is 0. The minimum absolute atomic E-state index is 0.0545. The summed E-state index contributed by atoms with van der Waals surface area (Å²) in [5.41, 5.74) is 6.23. The van der Waals surface area contributed by atoms with Crippen LogP contribution in [0.15, 0.2) is 48.7 Å². The molecule has 1 aliphatic rings. The standard InChI is InChI=1S/C17H17N3O2/c1-3-5-11-14(4-2)18-16(21)9-13-12-8-10(20-22)6-7-15(12)19-17(11)13/h3-8,19-20,22H,1,9H2,2H3,(H,18,21)/p+1/b11-5+,14-4+. The molecule has 2 heterocycles. The Labute approximate surface area is 128 Å². The molecule has 0 fully saturated rings. The summed E-state index contributed by atoms with van der Waals surface area (Å²) in [5.74, 6) is -0.0545. The van der Waals surface area contributed by atoms with Crippen LogP contribution in [0.4, 0.5) is 5.69 Å². The minimum Gasteiger partial charge on any atom is -0.354 e. The van der Waals surface area contributed by atoms with Crippen molar-refractivity contribution in [3.63, 3.8) is 0 Å². The van der Waals surface area contributed by atoms with E-state index in [4.69, 9.17) is 0 Å². The lowest BCUT2D eigenvalue weighted by atomic mass is 10.0. The number of nitrogens with one attached hydrogen (secondary N) is 2. The number of hydrogen-bond donors (Lipinski definition) is 4. The molecule has 5 heteroatoms. The van der Waals surface area contributed by atoms with Gasteiger partial charge in [0.1, 0.15) is 0 Å². The lowest BCUT2D eigenvalue weighted by Gasteiger charge is -2.08. The average molecular weight is 296 g/mol. The predicted octanol–water partition coefficient (Wildman–Crippen LogP) is 1.90. The molecule has 22 heavy (non-hydrogen) atoms. The Morgan fingerprint density at radius 1 is 1.41 bits per heavy atom. The van der Waals surface area contributed by atoms with E-state index in [9.17, 15) is 10.0 Å². The summed E-state index contributed by atoms with van der Waals surface area (Å²) in [5, 5.41) is 13.1. The molecule has 5 N–H and O–H groups in total. The lowest BCUT2D eigenvalue weighted by molar-refractivity contribution is -0.825. The number of nitrogens with two attached hydrogens (primary N) is 1. The van der Waals surface area contributed by atoms with Crippen LogP contribution in [0.2, 0.25) is 0 Å². The van der Waals surface area contributed by atoms with E-state index in [0.717, 1.165) is 38.9 Å². The lowest BCUT2D eigenvalue weighted by Crippen LogP contribution is -2.73. The van der Waals surface area contributed by atoms with Gasteiger partial charge in [-0.25, -0.2) is 5.21 Å². The van der Waals surface area contributed by atoms with Crippen LogP contribution in [0.25, 0.3) is 16.5 Å². The van der Waals surface area contributed by atoms with Gasteiger partial charge in [0.05, 0.1) is 12.1 Å². The van der Waals surface area contributed by atoms with Crippen LogP contribution in [-0.4, -0.2) is 16.1 Å². The zero-order valence-corrected chi connectivity index (χ0v) is 12.3. The molecule has 3 rings (SSSR count). The van der Waals surface area contributed by atoms with Gasteiger partial charge < -0.3 is 10.3 Å². The number of allylic oxidation sites excluding steroid dienone is 4. The Kier molecular flexibility index (Phi) is 3.66. The number of quaternary nitrogens is 1. The Morgan fingerprint density at radius 2 is 2.23 bits per heavy atom. The number of amides is 1. The molecule has 0 atom stereocenters. The summed E-state index contributed by atoms with van der Waals surface area (Å²) in [6.07, 6.45) is 5.75. The fourth-order valence-corrected chi connectivity index (χ4v) is 2.83. The second kappa shape index (κ2) is 5.63. The summed E-state index contributed by atoms with van der Waals surface area (Å²) in [4.78, 5) is 15.6. The first-order chi connectivity index (χ1) is 10.7. The second-order valence-corrected chi connectivity index (χ2v) is 5.16. The first kappa shape index (κ1) is 14.3. The van der Waals surface area contributed by atoms with Crippen molar-refractivity contribution in [1.82, 2.24) is 10.3 Å². The van der Waals surface area contributed by atoms with Gasteiger partial charge in [0.15, 0.2) is 5.69 Å². The molecule has 0 saturated carbocycles. The Morgan fingerprint density at radius 3 is 2.91 bits per heavy atom. The smallest absolute Gasteiger partial charge is 0.228 e. The van der Waals surface area contributed by atoms with Gasteiger partial charge in [-0.3, -0.25) is 4.79 Å². The van der Waals surface area contributed by atoms with E-state index in [2.05, 4.69) is 16.9 Å². The third-order valence-electron chi connectivity index (χ3n) is 3.82. The molecule has 1 aromatic heterocycles. The second-order valence-electron chi connectivity index (χ2n) is 5.16. The highest BCUT2D eigenvalue weighted by Crippen LogP contribution is 2.33. The fourth-order valence-electron chi connectivity index (χ4n) is 2.83. The van der Waals surface area contributed by atoms with Crippen molar-refractivity contribution in [2.24, 2.45) is 0 Å². The molecule has 0 spiro atoms. The molecule has 5 nitrogen and oxygen atoms in total. The van der Waals surface area contributed by atoms with Crippen molar-refractivity contribution in [2.45, 2.75) is 13.3 Å². The molecule has 0 unspecified atom stereocenters. The maximum absolute atomic E-state index is 12.2. The Balaban J connectivity index is 2.32. The fraction of sp³-hybridized carbons (Fsp3) is 0.118.